The van der Waals surface area contributed by atoms with Gasteiger partial charge in [-0.05, 0) is 6.42 Å². The van der Waals surface area contributed by atoms with Crippen LogP contribution in [0.4, 0.5) is 0 Å². The molecule has 0 N–H and O–H groups in total. The van der Waals surface area contributed by atoms with E-state index < -0.39 is 0 Å². The van der Waals surface area contributed by atoms with Crippen LogP contribution in [0.3, 0.4) is 0 Å². The Kier molecular flexibility index (Phi) is 5.45. The first-order valence-electron chi connectivity index (χ1n) is 3.10. The maximum absolute atomic E-state index is 8.24. The second kappa shape index (κ2) is 5.71. The lowest BCUT2D eigenvalue weighted by Crippen LogP contribution is -1.68. The Bertz CT molecular complexity index is 132. The molecular formula is C7H11NS. The van der Waals surface area contributed by atoms with Gasteiger partial charge in [-0.1, -0.05) is 25.8 Å². The molecule has 0 saturated heterocycles. The third kappa shape index (κ3) is 5.45. The monoisotopic (exact) mass is 141 g/mol. The minimum Gasteiger partial charge on any atom is -0.192 e. The fourth-order valence-electron chi connectivity index (χ4n) is 0.489. The highest BCUT2D eigenvalue weighted by molar-refractivity contribution is 7.84. The van der Waals surface area contributed by atoms with Crippen molar-refractivity contribution >= 4 is 12.6 Å². The molecule has 0 bridgehead atoms. The summed E-state index contributed by atoms with van der Waals surface area (Å²) in [4.78, 5) is 0.531. The van der Waals surface area contributed by atoms with Gasteiger partial charge in [-0.3, -0.25) is 0 Å². The molecule has 0 aromatic rings. The molecule has 0 amide bonds. The number of allylic oxidation sites excluding steroid dienone is 2. The number of nitrogens with zero attached hydrogens (tertiary/aromatic N) is 1. The first-order valence-corrected chi connectivity index (χ1v) is 3.55. The highest BCUT2D eigenvalue weighted by Crippen LogP contribution is 2.02. The Labute approximate surface area is 61.8 Å². The fourth-order valence-corrected chi connectivity index (χ4v) is 0.618. The van der Waals surface area contributed by atoms with E-state index in [2.05, 4.69) is 19.6 Å². The summed E-state index contributed by atoms with van der Waals surface area (Å²) in [6.45, 7) is 2.12. The highest BCUT2D eigenvalue weighted by atomic mass is 32.1. The molecule has 50 valence electrons. The largest absolute Gasteiger partial charge is 0.192 e. The Morgan fingerprint density at radius 1 is 1.78 bits per heavy atom. The number of hydrogen-bond donors (Lipinski definition) is 1. The SMILES string of the molecule is CCCC/C=C(/S)C#N. The second-order valence-electron chi connectivity index (χ2n) is 1.84. The normalized spacial score (nSPS) is 11.0. The molecule has 0 heterocycles. The zero-order valence-corrected chi connectivity index (χ0v) is 6.49. The van der Waals surface area contributed by atoms with Crippen LogP contribution in [0.25, 0.3) is 0 Å². The molecule has 2 heteroatoms. The first kappa shape index (κ1) is 8.58. The molecule has 0 aliphatic carbocycles. The van der Waals surface area contributed by atoms with Crippen LogP contribution in [-0.2, 0) is 0 Å². The van der Waals surface area contributed by atoms with E-state index in [9.17, 15) is 0 Å². The molecule has 0 spiro atoms. The quantitative estimate of drug-likeness (QED) is 0.364. The van der Waals surface area contributed by atoms with Crippen LogP contribution in [-0.4, -0.2) is 0 Å². The average molecular weight is 141 g/mol. The predicted molar refractivity (Wildman–Crippen MR) is 42.2 cm³/mol. The Morgan fingerprint density at radius 3 is 2.89 bits per heavy atom. The van der Waals surface area contributed by atoms with E-state index in [1.807, 2.05) is 12.1 Å². The lowest BCUT2D eigenvalue weighted by molar-refractivity contribution is 0.814. The van der Waals surface area contributed by atoms with Crippen molar-refractivity contribution in [2.45, 2.75) is 26.2 Å². The first-order chi connectivity index (χ1) is 4.31. The van der Waals surface area contributed by atoms with Crippen LogP contribution in [0.2, 0.25) is 0 Å². The molecule has 9 heavy (non-hydrogen) atoms. The Morgan fingerprint density at radius 2 is 2.44 bits per heavy atom. The lowest BCUT2D eigenvalue weighted by Gasteiger charge is -1.86. The Balaban J connectivity index is 3.35. The summed E-state index contributed by atoms with van der Waals surface area (Å²) in [6.07, 6.45) is 5.14. The molecular weight excluding hydrogens is 130 g/mol. The Hall–Kier alpha value is -0.420. The number of rotatable bonds is 3. The third-order valence-corrected chi connectivity index (χ3v) is 1.29. The van der Waals surface area contributed by atoms with E-state index >= 15 is 0 Å². The van der Waals surface area contributed by atoms with Crippen molar-refractivity contribution in [3.63, 3.8) is 0 Å². The van der Waals surface area contributed by atoms with Gasteiger partial charge >= 0.3 is 0 Å². The molecule has 0 aromatic heterocycles. The van der Waals surface area contributed by atoms with Gasteiger partial charge < -0.3 is 0 Å². The summed E-state index contributed by atoms with van der Waals surface area (Å²) < 4.78 is 0. The molecule has 0 fully saturated rings. The van der Waals surface area contributed by atoms with E-state index in [1.165, 1.54) is 6.42 Å². The maximum atomic E-state index is 8.24. The maximum Gasteiger partial charge on any atom is 0.106 e. The summed E-state index contributed by atoms with van der Waals surface area (Å²) in [5.74, 6) is 0. The van der Waals surface area contributed by atoms with Crippen LogP contribution in [0.15, 0.2) is 11.0 Å². The number of unbranched alkanes of at least 4 members (excludes halogenated alkanes) is 2. The van der Waals surface area contributed by atoms with Crippen molar-refractivity contribution in [3.05, 3.63) is 11.0 Å². The van der Waals surface area contributed by atoms with E-state index in [0.717, 1.165) is 12.8 Å². The number of nitriles is 1. The van der Waals surface area contributed by atoms with Gasteiger partial charge in [-0.25, -0.2) is 0 Å². The average Bonchev–Trinajstić information content (AvgIpc) is 1.89. The van der Waals surface area contributed by atoms with Crippen LogP contribution in [0.1, 0.15) is 26.2 Å². The van der Waals surface area contributed by atoms with E-state index in [-0.39, 0.29) is 0 Å². The molecule has 0 radical (unpaired) electrons. The van der Waals surface area contributed by atoms with Gasteiger partial charge in [0.05, 0.1) is 4.91 Å². The standard InChI is InChI=1S/C7H11NS/c1-2-3-4-5-7(9)6-8/h5,9H,2-4H2,1H3/b7-5+. The van der Waals surface area contributed by atoms with Crippen molar-refractivity contribution in [1.29, 1.82) is 5.26 Å². The molecule has 0 aliphatic rings. The summed E-state index contributed by atoms with van der Waals surface area (Å²) >= 11 is 3.90. The molecule has 0 saturated carbocycles. The minimum atomic E-state index is 0.531. The van der Waals surface area contributed by atoms with Gasteiger partial charge in [0.15, 0.2) is 0 Å². The summed E-state index contributed by atoms with van der Waals surface area (Å²) in [7, 11) is 0. The van der Waals surface area contributed by atoms with Crippen molar-refractivity contribution in [3.8, 4) is 6.07 Å². The number of hydrogen-bond acceptors (Lipinski definition) is 2. The van der Waals surface area contributed by atoms with Crippen molar-refractivity contribution in [1.82, 2.24) is 0 Å². The summed E-state index contributed by atoms with van der Waals surface area (Å²) in [5, 5.41) is 8.24. The predicted octanol–water partition coefficient (Wildman–Crippen LogP) is 2.51. The fraction of sp³-hybridized carbons (Fsp3) is 0.571. The van der Waals surface area contributed by atoms with Crippen LogP contribution in [0.5, 0.6) is 0 Å². The summed E-state index contributed by atoms with van der Waals surface area (Å²) in [6, 6.07) is 1.95. The van der Waals surface area contributed by atoms with Gasteiger partial charge in [0.1, 0.15) is 6.07 Å². The molecule has 1 nitrogen and oxygen atoms in total. The van der Waals surface area contributed by atoms with E-state index in [4.69, 9.17) is 5.26 Å². The van der Waals surface area contributed by atoms with Gasteiger partial charge in [0.25, 0.3) is 0 Å². The van der Waals surface area contributed by atoms with Gasteiger partial charge in [-0.15, -0.1) is 12.6 Å². The van der Waals surface area contributed by atoms with Crippen molar-refractivity contribution in [2.75, 3.05) is 0 Å². The third-order valence-electron chi connectivity index (χ3n) is 1.01. The van der Waals surface area contributed by atoms with Crippen LogP contribution >= 0.6 is 12.6 Å². The van der Waals surface area contributed by atoms with E-state index in [1.54, 1.807) is 0 Å². The van der Waals surface area contributed by atoms with E-state index in [0.29, 0.717) is 4.91 Å². The zero-order valence-electron chi connectivity index (χ0n) is 5.59. The zero-order chi connectivity index (χ0) is 7.11. The van der Waals surface area contributed by atoms with Crippen LogP contribution in [0, 0.1) is 11.3 Å². The molecule has 0 aliphatic heterocycles. The van der Waals surface area contributed by atoms with Gasteiger partial charge in [0, 0.05) is 0 Å². The molecule has 0 atom stereocenters. The van der Waals surface area contributed by atoms with Crippen LogP contribution < -0.4 is 0 Å². The van der Waals surface area contributed by atoms with Crippen molar-refractivity contribution < 1.29 is 0 Å². The topological polar surface area (TPSA) is 23.8 Å². The van der Waals surface area contributed by atoms with Gasteiger partial charge in [-0.2, -0.15) is 5.26 Å². The van der Waals surface area contributed by atoms with Gasteiger partial charge in [0.2, 0.25) is 0 Å². The van der Waals surface area contributed by atoms with Crippen molar-refractivity contribution in [2.24, 2.45) is 0 Å². The molecule has 0 aromatic carbocycles. The smallest absolute Gasteiger partial charge is 0.106 e. The molecule has 0 unspecified atom stereocenters. The number of thiol groups is 1. The highest BCUT2D eigenvalue weighted by Gasteiger charge is 1.83. The lowest BCUT2D eigenvalue weighted by atomic mass is 10.2. The second-order valence-corrected chi connectivity index (χ2v) is 2.33. The molecule has 0 rings (SSSR count). The minimum absolute atomic E-state index is 0.531. The summed E-state index contributed by atoms with van der Waals surface area (Å²) in [5.41, 5.74) is 0.